The van der Waals surface area contributed by atoms with Crippen LogP contribution in [0.4, 0.5) is 0 Å². The Balaban J connectivity index is 1.36. The molecular weight excluding hydrogens is 318 g/mol. The number of nitrogens with one attached hydrogen (secondary N) is 1. The van der Waals surface area contributed by atoms with Crippen molar-refractivity contribution in [3.05, 3.63) is 33.5 Å². The first-order valence-corrected chi connectivity index (χ1v) is 10.0. The van der Waals surface area contributed by atoms with Crippen LogP contribution in [-0.4, -0.2) is 38.8 Å². The van der Waals surface area contributed by atoms with E-state index in [1.807, 2.05) is 11.3 Å². The number of aromatic nitrogens is 3. The molecule has 1 saturated carbocycles. The number of hydrogen-bond donors (Lipinski definition) is 1. The Labute approximate surface area is 148 Å². The maximum Gasteiger partial charge on any atom is 0.147 e. The Morgan fingerprint density at radius 1 is 1.17 bits per heavy atom. The molecule has 24 heavy (non-hydrogen) atoms. The molecule has 0 saturated heterocycles. The van der Waals surface area contributed by atoms with Gasteiger partial charge in [-0.2, -0.15) is 0 Å². The zero-order chi connectivity index (χ0) is 16.4. The summed E-state index contributed by atoms with van der Waals surface area (Å²) < 4.78 is 2.35. The molecule has 4 rings (SSSR count). The van der Waals surface area contributed by atoms with E-state index >= 15 is 0 Å². The number of thiophene rings is 1. The van der Waals surface area contributed by atoms with Crippen molar-refractivity contribution < 1.29 is 0 Å². The van der Waals surface area contributed by atoms with Gasteiger partial charge in [-0.05, 0) is 31.9 Å². The molecule has 2 aliphatic rings. The Hall–Kier alpha value is -1.24. The summed E-state index contributed by atoms with van der Waals surface area (Å²) in [7, 11) is 0. The van der Waals surface area contributed by atoms with Crippen LogP contribution in [0.1, 0.15) is 47.1 Å². The van der Waals surface area contributed by atoms with Crippen LogP contribution in [0, 0.1) is 6.92 Å². The van der Waals surface area contributed by atoms with Crippen molar-refractivity contribution in [1.82, 2.24) is 25.0 Å². The maximum absolute atomic E-state index is 4.46. The van der Waals surface area contributed by atoms with Crippen LogP contribution >= 0.6 is 11.3 Å². The fraction of sp³-hybridized carbons (Fsp3) is 0.667. The minimum atomic E-state index is 0.683. The molecule has 0 spiro atoms. The molecule has 3 heterocycles. The van der Waals surface area contributed by atoms with Gasteiger partial charge in [0.2, 0.25) is 0 Å². The predicted molar refractivity (Wildman–Crippen MR) is 97.2 cm³/mol. The van der Waals surface area contributed by atoms with Gasteiger partial charge in [-0.1, -0.05) is 12.8 Å². The summed E-state index contributed by atoms with van der Waals surface area (Å²) in [5.41, 5.74) is 0. The Bertz CT molecular complexity index is 671. The molecular formula is C18H27N5S. The average molecular weight is 346 g/mol. The quantitative estimate of drug-likeness (QED) is 0.905. The van der Waals surface area contributed by atoms with Crippen LogP contribution in [0.2, 0.25) is 0 Å². The first-order chi connectivity index (χ1) is 11.8. The van der Waals surface area contributed by atoms with Crippen LogP contribution in [0.3, 0.4) is 0 Å². The van der Waals surface area contributed by atoms with Gasteiger partial charge in [-0.25, -0.2) is 0 Å². The molecule has 0 aromatic carbocycles. The molecule has 0 atom stereocenters. The molecule has 1 fully saturated rings. The molecule has 0 bridgehead atoms. The second kappa shape index (κ2) is 7.33. The molecule has 2 aromatic heterocycles. The van der Waals surface area contributed by atoms with E-state index in [9.17, 15) is 0 Å². The van der Waals surface area contributed by atoms with E-state index in [0.29, 0.717) is 6.04 Å². The SMILES string of the molecule is Cc1ccc(CN2CCc3nnc(CNC4CCCC4)n3CC2)s1. The van der Waals surface area contributed by atoms with Crippen molar-refractivity contribution >= 4 is 11.3 Å². The smallest absolute Gasteiger partial charge is 0.147 e. The lowest BCUT2D eigenvalue weighted by atomic mass is 10.2. The first-order valence-electron chi connectivity index (χ1n) is 9.20. The van der Waals surface area contributed by atoms with Crippen LogP contribution in [0.25, 0.3) is 0 Å². The zero-order valence-corrected chi connectivity index (χ0v) is 15.3. The van der Waals surface area contributed by atoms with E-state index in [0.717, 1.165) is 50.8 Å². The minimum absolute atomic E-state index is 0.683. The fourth-order valence-electron chi connectivity index (χ4n) is 3.87. The van der Waals surface area contributed by atoms with E-state index in [1.165, 1.54) is 35.4 Å². The topological polar surface area (TPSA) is 46.0 Å². The Morgan fingerprint density at radius 2 is 2.04 bits per heavy atom. The highest BCUT2D eigenvalue weighted by atomic mass is 32.1. The molecule has 6 heteroatoms. The molecule has 5 nitrogen and oxygen atoms in total. The molecule has 1 aliphatic carbocycles. The van der Waals surface area contributed by atoms with Crippen LogP contribution in [-0.2, 0) is 26.1 Å². The summed E-state index contributed by atoms with van der Waals surface area (Å²) in [5, 5.41) is 12.6. The molecule has 0 amide bonds. The number of rotatable bonds is 5. The third kappa shape index (κ3) is 3.71. The van der Waals surface area contributed by atoms with Crippen molar-refractivity contribution in [1.29, 1.82) is 0 Å². The molecule has 0 unspecified atom stereocenters. The van der Waals surface area contributed by atoms with Gasteiger partial charge >= 0.3 is 0 Å². The highest BCUT2D eigenvalue weighted by Crippen LogP contribution is 2.20. The molecule has 130 valence electrons. The molecule has 1 aliphatic heterocycles. The highest BCUT2D eigenvalue weighted by Gasteiger charge is 2.20. The second-order valence-corrected chi connectivity index (χ2v) is 8.46. The summed E-state index contributed by atoms with van der Waals surface area (Å²) >= 11 is 1.91. The monoisotopic (exact) mass is 345 g/mol. The summed E-state index contributed by atoms with van der Waals surface area (Å²) in [6, 6.07) is 5.17. The van der Waals surface area contributed by atoms with Crippen molar-refractivity contribution in [3.8, 4) is 0 Å². The average Bonchev–Trinajstić information content (AvgIpc) is 3.28. The van der Waals surface area contributed by atoms with Crippen LogP contribution in [0.5, 0.6) is 0 Å². The van der Waals surface area contributed by atoms with Crippen LogP contribution in [0.15, 0.2) is 12.1 Å². The van der Waals surface area contributed by atoms with Gasteiger partial charge < -0.3 is 9.88 Å². The van der Waals surface area contributed by atoms with Gasteiger partial charge in [0.05, 0.1) is 6.54 Å². The predicted octanol–water partition coefficient (Wildman–Crippen LogP) is 2.74. The number of nitrogens with zero attached hydrogens (tertiary/aromatic N) is 4. The normalized spacial score (nSPS) is 19.5. The van der Waals surface area contributed by atoms with E-state index in [4.69, 9.17) is 0 Å². The Morgan fingerprint density at radius 3 is 2.83 bits per heavy atom. The van der Waals surface area contributed by atoms with Crippen LogP contribution < -0.4 is 5.32 Å². The fourth-order valence-corrected chi connectivity index (χ4v) is 4.80. The largest absolute Gasteiger partial charge is 0.313 e. The highest BCUT2D eigenvalue weighted by molar-refractivity contribution is 7.11. The van der Waals surface area contributed by atoms with E-state index in [1.54, 1.807) is 0 Å². The summed E-state index contributed by atoms with van der Waals surface area (Å²) in [6.07, 6.45) is 6.37. The first kappa shape index (κ1) is 16.2. The zero-order valence-electron chi connectivity index (χ0n) is 14.5. The molecule has 2 aromatic rings. The second-order valence-electron chi connectivity index (χ2n) is 7.08. The van der Waals surface area contributed by atoms with Crippen molar-refractivity contribution in [2.24, 2.45) is 0 Å². The Kier molecular flexibility index (Phi) is 4.96. The van der Waals surface area contributed by atoms with E-state index in [-0.39, 0.29) is 0 Å². The third-order valence-electron chi connectivity index (χ3n) is 5.27. The minimum Gasteiger partial charge on any atom is -0.313 e. The summed E-state index contributed by atoms with van der Waals surface area (Å²) in [4.78, 5) is 5.42. The van der Waals surface area contributed by atoms with Gasteiger partial charge in [-0.3, -0.25) is 4.90 Å². The van der Waals surface area contributed by atoms with Gasteiger partial charge in [0, 0.05) is 48.4 Å². The lowest BCUT2D eigenvalue weighted by Crippen LogP contribution is -2.28. The number of hydrogen-bond acceptors (Lipinski definition) is 5. The van der Waals surface area contributed by atoms with Gasteiger partial charge in [-0.15, -0.1) is 21.5 Å². The van der Waals surface area contributed by atoms with Crippen molar-refractivity contribution in [2.45, 2.75) is 64.7 Å². The van der Waals surface area contributed by atoms with E-state index < -0.39 is 0 Å². The summed E-state index contributed by atoms with van der Waals surface area (Å²) in [6.45, 7) is 7.27. The number of aryl methyl sites for hydroxylation is 1. The maximum atomic E-state index is 4.46. The van der Waals surface area contributed by atoms with Crippen molar-refractivity contribution in [2.75, 3.05) is 13.1 Å². The van der Waals surface area contributed by atoms with Gasteiger partial charge in [0.15, 0.2) is 0 Å². The third-order valence-corrected chi connectivity index (χ3v) is 6.26. The van der Waals surface area contributed by atoms with Gasteiger partial charge in [0.1, 0.15) is 11.6 Å². The lowest BCUT2D eigenvalue weighted by Gasteiger charge is -2.18. The van der Waals surface area contributed by atoms with E-state index in [2.05, 4.69) is 44.0 Å². The molecule has 0 radical (unpaired) electrons. The van der Waals surface area contributed by atoms with Crippen molar-refractivity contribution in [3.63, 3.8) is 0 Å². The lowest BCUT2D eigenvalue weighted by molar-refractivity contribution is 0.272. The number of fused-ring (bicyclic) bond motifs is 1. The standard InChI is InChI=1S/C18H27N5S/c1-14-6-7-16(24-14)13-22-9-8-17-20-21-18(23(17)11-10-22)12-19-15-4-2-3-5-15/h6-7,15,19H,2-5,8-13H2,1H3. The summed E-state index contributed by atoms with van der Waals surface area (Å²) in [5.74, 6) is 2.27. The van der Waals surface area contributed by atoms with Gasteiger partial charge in [0.25, 0.3) is 0 Å². The molecule has 1 N–H and O–H groups in total.